The fourth-order valence-corrected chi connectivity index (χ4v) is 4.06. The molecule has 0 aliphatic carbocycles. The first kappa shape index (κ1) is 18.5. The summed E-state index contributed by atoms with van der Waals surface area (Å²) in [5.74, 6) is 0.300. The highest BCUT2D eigenvalue weighted by atomic mass is 19.1. The van der Waals surface area contributed by atoms with Gasteiger partial charge in [-0.05, 0) is 42.7 Å². The highest BCUT2D eigenvalue weighted by molar-refractivity contribution is 6.05. The molecule has 6 nitrogen and oxygen atoms in total. The average Bonchev–Trinajstić information content (AvgIpc) is 3.17. The minimum Gasteiger partial charge on any atom is -0.450 e. The lowest BCUT2D eigenvalue weighted by atomic mass is 9.97. The van der Waals surface area contributed by atoms with Crippen LogP contribution in [-0.2, 0) is 11.3 Å². The summed E-state index contributed by atoms with van der Waals surface area (Å²) >= 11 is 0. The van der Waals surface area contributed by atoms with E-state index in [1.807, 2.05) is 24.3 Å². The highest BCUT2D eigenvalue weighted by Crippen LogP contribution is 2.33. The fourth-order valence-electron chi connectivity index (χ4n) is 4.06. The summed E-state index contributed by atoms with van der Waals surface area (Å²) in [6.45, 7) is 1.76. The van der Waals surface area contributed by atoms with Crippen LogP contribution in [0.25, 0.3) is 22.1 Å². The van der Waals surface area contributed by atoms with Crippen LogP contribution in [0.15, 0.2) is 59.3 Å². The molecule has 7 heteroatoms. The number of anilines is 1. The Bertz CT molecular complexity index is 1210. The van der Waals surface area contributed by atoms with E-state index in [9.17, 15) is 9.18 Å². The van der Waals surface area contributed by atoms with Gasteiger partial charge in [0.05, 0.1) is 5.92 Å². The molecular weight excluding hydrogens is 383 g/mol. The minimum absolute atomic E-state index is 0.000990. The van der Waals surface area contributed by atoms with Crippen molar-refractivity contribution in [2.24, 2.45) is 5.92 Å². The molecule has 0 spiro atoms. The number of halogens is 1. The number of benzene rings is 2. The number of para-hydroxylation sites is 1. The molecular formula is C23H21FN4O2. The van der Waals surface area contributed by atoms with E-state index < -0.39 is 0 Å². The molecule has 2 aromatic heterocycles. The van der Waals surface area contributed by atoms with Crippen LogP contribution in [0.1, 0.15) is 18.4 Å². The molecule has 0 bridgehead atoms. The number of fused-ring (bicyclic) bond motifs is 3. The summed E-state index contributed by atoms with van der Waals surface area (Å²) in [5, 5.41) is 3.93. The fraction of sp³-hybridized carbons (Fsp3) is 0.261. The average molecular weight is 404 g/mol. The van der Waals surface area contributed by atoms with Gasteiger partial charge in [-0.1, -0.05) is 24.3 Å². The van der Waals surface area contributed by atoms with Gasteiger partial charge in [0, 0.05) is 25.0 Å². The number of piperidine rings is 1. The van der Waals surface area contributed by atoms with E-state index in [4.69, 9.17) is 4.42 Å². The molecule has 1 N–H and O–H groups in total. The number of furan rings is 1. The quantitative estimate of drug-likeness (QED) is 0.556. The zero-order valence-electron chi connectivity index (χ0n) is 16.3. The predicted molar refractivity (Wildman–Crippen MR) is 112 cm³/mol. The summed E-state index contributed by atoms with van der Waals surface area (Å²) < 4.78 is 19.1. The number of aromatic nitrogens is 2. The number of nitrogens with one attached hydrogen (secondary N) is 1. The number of carbonyl (C=O) groups is 1. The molecule has 4 aromatic rings. The third-order valence-corrected chi connectivity index (χ3v) is 5.61. The summed E-state index contributed by atoms with van der Waals surface area (Å²) in [5.41, 5.74) is 3.10. The Morgan fingerprint density at radius 2 is 2.00 bits per heavy atom. The van der Waals surface area contributed by atoms with Crippen LogP contribution < -0.4 is 10.2 Å². The zero-order valence-corrected chi connectivity index (χ0v) is 16.3. The van der Waals surface area contributed by atoms with Gasteiger partial charge in [0.2, 0.25) is 5.91 Å². The Morgan fingerprint density at radius 3 is 2.87 bits per heavy atom. The molecule has 0 saturated carbocycles. The lowest BCUT2D eigenvalue weighted by molar-refractivity contribution is -0.125. The normalized spacial score (nSPS) is 16.8. The number of amides is 1. The van der Waals surface area contributed by atoms with Gasteiger partial charge in [0.1, 0.15) is 23.2 Å². The molecule has 0 radical (unpaired) electrons. The Kier molecular flexibility index (Phi) is 4.78. The zero-order chi connectivity index (χ0) is 20.5. The first-order chi connectivity index (χ1) is 14.7. The second kappa shape index (κ2) is 7.74. The van der Waals surface area contributed by atoms with Crippen LogP contribution in [0.2, 0.25) is 0 Å². The third kappa shape index (κ3) is 3.47. The monoisotopic (exact) mass is 404 g/mol. The molecule has 152 valence electrons. The molecule has 1 saturated heterocycles. The van der Waals surface area contributed by atoms with E-state index in [1.165, 1.54) is 12.1 Å². The van der Waals surface area contributed by atoms with Crippen molar-refractivity contribution < 1.29 is 13.6 Å². The second-order valence-electron chi connectivity index (χ2n) is 7.60. The molecule has 0 unspecified atom stereocenters. The van der Waals surface area contributed by atoms with E-state index in [0.29, 0.717) is 18.7 Å². The smallest absolute Gasteiger partial charge is 0.225 e. The van der Waals surface area contributed by atoms with Crippen molar-refractivity contribution >= 4 is 33.8 Å². The van der Waals surface area contributed by atoms with E-state index in [0.717, 1.165) is 47.3 Å². The summed E-state index contributed by atoms with van der Waals surface area (Å²) in [4.78, 5) is 23.7. The Hall–Kier alpha value is -3.48. The van der Waals surface area contributed by atoms with Crippen molar-refractivity contribution in [3.63, 3.8) is 0 Å². The van der Waals surface area contributed by atoms with Gasteiger partial charge >= 0.3 is 0 Å². The van der Waals surface area contributed by atoms with E-state index in [2.05, 4.69) is 20.2 Å². The largest absolute Gasteiger partial charge is 0.450 e. The molecule has 30 heavy (non-hydrogen) atoms. The van der Waals surface area contributed by atoms with Crippen LogP contribution in [-0.4, -0.2) is 29.0 Å². The molecule has 1 amide bonds. The Balaban J connectivity index is 1.34. The molecule has 3 heterocycles. The summed E-state index contributed by atoms with van der Waals surface area (Å²) in [6, 6.07) is 14.0. The van der Waals surface area contributed by atoms with Crippen LogP contribution >= 0.6 is 0 Å². The van der Waals surface area contributed by atoms with Crippen molar-refractivity contribution in [2.45, 2.75) is 19.4 Å². The maximum atomic E-state index is 13.0. The van der Waals surface area contributed by atoms with E-state index in [1.54, 1.807) is 18.5 Å². The van der Waals surface area contributed by atoms with Crippen molar-refractivity contribution in [3.8, 4) is 0 Å². The highest BCUT2D eigenvalue weighted by Gasteiger charge is 2.28. The molecule has 5 rings (SSSR count). The lowest BCUT2D eigenvalue weighted by Gasteiger charge is -2.32. The summed E-state index contributed by atoms with van der Waals surface area (Å²) in [6.07, 6.45) is 3.26. The molecule has 1 aliphatic heterocycles. The Morgan fingerprint density at radius 1 is 1.17 bits per heavy atom. The second-order valence-corrected chi connectivity index (χ2v) is 7.60. The molecule has 2 aromatic carbocycles. The maximum absolute atomic E-state index is 13.0. The lowest BCUT2D eigenvalue weighted by Crippen LogP contribution is -2.43. The van der Waals surface area contributed by atoms with Crippen molar-refractivity contribution in [3.05, 3.63) is 66.2 Å². The summed E-state index contributed by atoms with van der Waals surface area (Å²) in [7, 11) is 0. The maximum Gasteiger partial charge on any atom is 0.225 e. The first-order valence-electron chi connectivity index (χ1n) is 10.1. The van der Waals surface area contributed by atoms with Crippen molar-refractivity contribution in [2.75, 3.05) is 18.0 Å². The third-order valence-electron chi connectivity index (χ3n) is 5.61. The van der Waals surface area contributed by atoms with Gasteiger partial charge in [-0.2, -0.15) is 0 Å². The van der Waals surface area contributed by atoms with Crippen molar-refractivity contribution in [1.82, 2.24) is 15.3 Å². The van der Waals surface area contributed by atoms with E-state index in [-0.39, 0.29) is 17.6 Å². The number of hydrogen-bond donors (Lipinski definition) is 1. The van der Waals surface area contributed by atoms with Crippen LogP contribution in [0, 0.1) is 11.7 Å². The standard InChI is InChI=1S/C23H21FN4O2/c24-17-9-7-15(8-10-17)12-25-23(29)16-4-3-11-28(13-16)22-21-20(26-14-27-22)18-5-1-2-6-19(18)30-21/h1-2,5-10,14,16H,3-4,11-13H2,(H,25,29)/t16-/m0/s1. The van der Waals surface area contributed by atoms with Gasteiger partial charge in [0.25, 0.3) is 0 Å². The SMILES string of the molecule is O=C(NCc1ccc(F)cc1)[C@H]1CCCN(c2ncnc3c2oc2ccccc23)C1. The number of hydrogen-bond acceptors (Lipinski definition) is 5. The van der Waals surface area contributed by atoms with Crippen LogP contribution in [0.5, 0.6) is 0 Å². The number of nitrogens with zero attached hydrogens (tertiary/aromatic N) is 3. The van der Waals surface area contributed by atoms with E-state index >= 15 is 0 Å². The number of carbonyl (C=O) groups excluding carboxylic acids is 1. The number of rotatable bonds is 4. The molecule has 1 aliphatic rings. The van der Waals surface area contributed by atoms with Crippen molar-refractivity contribution in [1.29, 1.82) is 0 Å². The van der Waals surface area contributed by atoms with Crippen LogP contribution in [0.3, 0.4) is 0 Å². The van der Waals surface area contributed by atoms with Crippen LogP contribution in [0.4, 0.5) is 10.2 Å². The molecule has 1 atom stereocenters. The van der Waals surface area contributed by atoms with Gasteiger partial charge in [-0.25, -0.2) is 14.4 Å². The van der Waals surface area contributed by atoms with Gasteiger partial charge in [-0.3, -0.25) is 4.79 Å². The molecule has 1 fully saturated rings. The first-order valence-corrected chi connectivity index (χ1v) is 10.1. The van der Waals surface area contributed by atoms with Gasteiger partial charge in [0.15, 0.2) is 11.4 Å². The van der Waals surface area contributed by atoms with Gasteiger partial charge < -0.3 is 14.6 Å². The van der Waals surface area contributed by atoms with Gasteiger partial charge in [-0.15, -0.1) is 0 Å². The minimum atomic E-state index is -0.283. The Labute approximate surface area is 172 Å². The topological polar surface area (TPSA) is 71.3 Å². The predicted octanol–water partition coefficient (Wildman–Crippen LogP) is 4.05.